The fourth-order valence-corrected chi connectivity index (χ4v) is 2.91. The van der Waals surface area contributed by atoms with Gasteiger partial charge in [-0.25, -0.2) is 0 Å². The molecule has 1 unspecified atom stereocenters. The maximum Gasteiger partial charge on any atom is 0.305 e. The number of aryl methyl sites for hydroxylation is 2. The highest BCUT2D eigenvalue weighted by Crippen LogP contribution is 2.31. The van der Waals surface area contributed by atoms with Crippen molar-refractivity contribution in [2.45, 2.75) is 32.7 Å². The molecule has 0 saturated heterocycles. The fourth-order valence-electron chi connectivity index (χ4n) is 2.91. The summed E-state index contributed by atoms with van der Waals surface area (Å²) in [6.45, 7) is 3.92. The number of methoxy groups -OCH3 is 2. The molecule has 0 aliphatic carbocycles. The average Bonchev–Trinajstić information content (AvgIpc) is 2.63. The number of carboxylic acid groups (broad SMARTS) is 1. The minimum atomic E-state index is -0.998. The van der Waals surface area contributed by atoms with Crippen molar-refractivity contribution in [3.05, 3.63) is 58.7 Å². The normalized spacial score (nSPS) is 11.6. The van der Waals surface area contributed by atoms with Crippen LogP contribution in [0.2, 0.25) is 0 Å². The number of rotatable bonds is 8. The first-order valence-electron chi connectivity index (χ1n) is 8.63. The molecule has 2 aromatic rings. The van der Waals surface area contributed by atoms with E-state index in [0.29, 0.717) is 17.1 Å². The average molecular weight is 371 g/mol. The third kappa shape index (κ3) is 5.48. The zero-order valence-corrected chi connectivity index (χ0v) is 16.0. The number of ether oxygens (including phenoxy) is 2. The Morgan fingerprint density at radius 1 is 1.04 bits per heavy atom. The predicted octanol–water partition coefficient (Wildman–Crippen LogP) is 3.20. The smallest absolute Gasteiger partial charge is 0.305 e. The summed E-state index contributed by atoms with van der Waals surface area (Å²) < 4.78 is 10.5. The lowest BCUT2D eigenvalue weighted by Crippen LogP contribution is -2.31. The van der Waals surface area contributed by atoms with Crippen LogP contribution in [0.3, 0.4) is 0 Å². The van der Waals surface area contributed by atoms with Crippen molar-refractivity contribution < 1.29 is 24.2 Å². The van der Waals surface area contributed by atoms with Crippen LogP contribution >= 0.6 is 0 Å². The highest BCUT2D eigenvalue weighted by Gasteiger charge is 2.20. The fraction of sp³-hybridized carbons (Fsp3) is 0.333. The first kappa shape index (κ1) is 20.3. The molecule has 0 spiro atoms. The molecule has 144 valence electrons. The molecule has 0 heterocycles. The monoisotopic (exact) mass is 371 g/mol. The molecule has 2 N–H and O–H groups in total. The molecule has 0 fully saturated rings. The van der Waals surface area contributed by atoms with Crippen LogP contribution in [0.15, 0.2) is 36.4 Å². The Kier molecular flexibility index (Phi) is 6.82. The molecule has 0 saturated carbocycles. The molecule has 0 bridgehead atoms. The lowest BCUT2D eigenvalue weighted by Gasteiger charge is -2.19. The first-order valence-corrected chi connectivity index (χ1v) is 8.63. The van der Waals surface area contributed by atoms with Gasteiger partial charge in [-0.05, 0) is 42.7 Å². The van der Waals surface area contributed by atoms with E-state index in [0.717, 1.165) is 16.7 Å². The van der Waals surface area contributed by atoms with Crippen molar-refractivity contribution in [3.8, 4) is 11.5 Å². The van der Waals surface area contributed by atoms with E-state index in [2.05, 4.69) is 5.32 Å². The summed E-state index contributed by atoms with van der Waals surface area (Å²) >= 11 is 0. The highest BCUT2D eigenvalue weighted by atomic mass is 16.5. The molecule has 0 radical (unpaired) electrons. The van der Waals surface area contributed by atoms with Gasteiger partial charge in [-0.2, -0.15) is 0 Å². The minimum Gasteiger partial charge on any atom is -0.493 e. The maximum atomic E-state index is 12.6. The summed E-state index contributed by atoms with van der Waals surface area (Å²) in [6, 6.07) is 10.4. The van der Waals surface area contributed by atoms with E-state index in [1.54, 1.807) is 18.2 Å². The van der Waals surface area contributed by atoms with Crippen LogP contribution in [-0.4, -0.2) is 31.2 Å². The number of amides is 1. The Morgan fingerprint density at radius 2 is 1.74 bits per heavy atom. The second-order valence-corrected chi connectivity index (χ2v) is 6.44. The first-order chi connectivity index (χ1) is 12.8. The third-order valence-electron chi connectivity index (χ3n) is 4.38. The molecule has 6 heteroatoms. The molecule has 0 aromatic heterocycles. The van der Waals surface area contributed by atoms with Gasteiger partial charge in [-0.3, -0.25) is 9.59 Å². The molecule has 1 atom stereocenters. The standard InChI is InChI=1S/C21H25NO5/c1-13-5-6-14(2)16(9-13)11-20(23)22-17(12-21(24)25)15-7-8-18(26-3)19(10-15)27-4/h5-10,17H,11-12H2,1-4H3,(H,22,23)(H,24,25). The van der Waals surface area contributed by atoms with E-state index < -0.39 is 12.0 Å². The van der Waals surface area contributed by atoms with E-state index in [1.165, 1.54) is 14.2 Å². The minimum absolute atomic E-state index is 0.191. The van der Waals surface area contributed by atoms with E-state index in [9.17, 15) is 14.7 Å². The van der Waals surface area contributed by atoms with Crippen LogP contribution in [0.5, 0.6) is 11.5 Å². The number of carbonyl (C=O) groups excluding carboxylic acids is 1. The Labute approximate surface area is 159 Å². The number of carbonyl (C=O) groups is 2. The van der Waals surface area contributed by atoms with Gasteiger partial charge in [0, 0.05) is 0 Å². The Balaban J connectivity index is 2.22. The molecule has 6 nitrogen and oxygen atoms in total. The summed E-state index contributed by atoms with van der Waals surface area (Å²) in [4.78, 5) is 23.9. The number of aliphatic carboxylic acids is 1. The number of nitrogens with one attached hydrogen (secondary N) is 1. The van der Waals surface area contributed by atoms with Gasteiger partial charge in [0.15, 0.2) is 11.5 Å². The number of hydrogen-bond donors (Lipinski definition) is 2. The van der Waals surface area contributed by atoms with Gasteiger partial charge in [-0.1, -0.05) is 29.8 Å². The largest absolute Gasteiger partial charge is 0.493 e. The number of benzene rings is 2. The van der Waals surface area contributed by atoms with Crippen LogP contribution in [-0.2, 0) is 16.0 Å². The van der Waals surface area contributed by atoms with E-state index in [4.69, 9.17) is 9.47 Å². The van der Waals surface area contributed by atoms with Gasteiger partial charge < -0.3 is 19.9 Å². The van der Waals surface area contributed by atoms with Crippen molar-refractivity contribution in [1.29, 1.82) is 0 Å². The zero-order chi connectivity index (χ0) is 20.0. The van der Waals surface area contributed by atoms with Gasteiger partial charge in [0.1, 0.15) is 0 Å². The molecule has 0 aliphatic rings. The quantitative estimate of drug-likeness (QED) is 0.744. The van der Waals surface area contributed by atoms with Gasteiger partial charge in [0.25, 0.3) is 0 Å². The van der Waals surface area contributed by atoms with E-state index in [-0.39, 0.29) is 18.7 Å². The molecular weight excluding hydrogens is 346 g/mol. The molecule has 1 amide bonds. The maximum absolute atomic E-state index is 12.6. The van der Waals surface area contributed by atoms with Gasteiger partial charge in [-0.15, -0.1) is 0 Å². The molecular formula is C21H25NO5. The summed E-state index contributed by atoms with van der Waals surface area (Å²) in [7, 11) is 3.03. The zero-order valence-electron chi connectivity index (χ0n) is 16.0. The van der Waals surface area contributed by atoms with Crippen molar-refractivity contribution >= 4 is 11.9 Å². The third-order valence-corrected chi connectivity index (χ3v) is 4.38. The van der Waals surface area contributed by atoms with E-state index in [1.807, 2.05) is 32.0 Å². The van der Waals surface area contributed by atoms with Crippen LogP contribution in [0.1, 0.15) is 34.7 Å². The van der Waals surface area contributed by atoms with Crippen molar-refractivity contribution in [2.75, 3.05) is 14.2 Å². The number of carboxylic acids is 1. The van der Waals surface area contributed by atoms with Crippen molar-refractivity contribution in [3.63, 3.8) is 0 Å². The van der Waals surface area contributed by atoms with Crippen molar-refractivity contribution in [2.24, 2.45) is 0 Å². The lowest BCUT2D eigenvalue weighted by atomic mass is 10.0. The highest BCUT2D eigenvalue weighted by molar-refractivity contribution is 5.80. The molecule has 2 rings (SSSR count). The summed E-state index contributed by atoms with van der Waals surface area (Å²) in [5.74, 6) is -0.210. The van der Waals surface area contributed by atoms with Crippen molar-refractivity contribution in [1.82, 2.24) is 5.32 Å². The molecule has 0 aliphatic heterocycles. The Bertz CT molecular complexity index is 831. The summed E-state index contributed by atoms with van der Waals surface area (Å²) in [6.07, 6.45) is -0.0368. The number of hydrogen-bond acceptors (Lipinski definition) is 4. The van der Waals surface area contributed by atoms with Gasteiger partial charge >= 0.3 is 5.97 Å². The molecule has 27 heavy (non-hydrogen) atoms. The predicted molar refractivity (Wildman–Crippen MR) is 102 cm³/mol. The molecule has 2 aromatic carbocycles. The Hall–Kier alpha value is -3.02. The summed E-state index contributed by atoms with van der Waals surface area (Å²) in [5, 5.41) is 12.1. The second-order valence-electron chi connectivity index (χ2n) is 6.44. The van der Waals surface area contributed by atoms with Gasteiger partial charge in [0.2, 0.25) is 5.91 Å². The van der Waals surface area contributed by atoms with Crippen LogP contribution in [0.25, 0.3) is 0 Å². The van der Waals surface area contributed by atoms with Crippen LogP contribution in [0.4, 0.5) is 0 Å². The van der Waals surface area contributed by atoms with E-state index >= 15 is 0 Å². The SMILES string of the molecule is COc1ccc(C(CC(=O)O)NC(=O)Cc2cc(C)ccc2C)cc1OC. The van der Waals surface area contributed by atoms with Crippen LogP contribution < -0.4 is 14.8 Å². The Morgan fingerprint density at radius 3 is 2.37 bits per heavy atom. The van der Waals surface area contributed by atoms with Gasteiger partial charge in [0.05, 0.1) is 33.1 Å². The summed E-state index contributed by atoms with van der Waals surface area (Å²) in [5.41, 5.74) is 3.67. The topological polar surface area (TPSA) is 84.9 Å². The lowest BCUT2D eigenvalue weighted by molar-refractivity contribution is -0.137. The van der Waals surface area contributed by atoms with Crippen LogP contribution in [0, 0.1) is 13.8 Å². The second kappa shape index (κ2) is 9.07.